The van der Waals surface area contributed by atoms with Gasteiger partial charge in [-0.1, -0.05) is 25.1 Å². The van der Waals surface area contributed by atoms with E-state index in [1.54, 1.807) is 0 Å². The van der Waals surface area contributed by atoms with E-state index in [2.05, 4.69) is 10.3 Å². The quantitative estimate of drug-likeness (QED) is 0.278. The van der Waals surface area contributed by atoms with Crippen LogP contribution in [-0.4, -0.2) is 40.4 Å². The van der Waals surface area contributed by atoms with Gasteiger partial charge in [-0.05, 0) is 60.4 Å². The Bertz CT molecular complexity index is 1230. The average Bonchev–Trinajstić information content (AvgIpc) is 3.49. The predicted molar refractivity (Wildman–Crippen MR) is 132 cm³/mol. The molecule has 33 heavy (non-hydrogen) atoms. The van der Waals surface area contributed by atoms with Gasteiger partial charge < -0.3 is 25.3 Å². The van der Waals surface area contributed by atoms with Crippen molar-refractivity contribution < 1.29 is 19.7 Å². The van der Waals surface area contributed by atoms with Crippen molar-refractivity contribution in [2.45, 2.75) is 32.4 Å². The number of thiophene rings is 1. The second-order valence-corrected chi connectivity index (χ2v) is 9.07. The molecular formula is C26H28N2O4S. The van der Waals surface area contributed by atoms with Crippen molar-refractivity contribution in [1.29, 1.82) is 0 Å². The maximum atomic E-state index is 13.3. The molecule has 4 aromatic rings. The van der Waals surface area contributed by atoms with Crippen molar-refractivity contribution in [3.8, 4) is 16.2 Å². The molecule has 6 nitrogen and oxygen atoms in total. The van der Waals surface area contributed by atoms with Gasteiger partial charge in [-0.2, -0.15) is 0 Å². The van der Waals surface area contributed by atoms with Gasteiger partial charge in [0.2, 0.25) is 0 Å². The summed E-state index contributed by atoms with van der Waals surface area (Å²) in [6.07, 6.45) is 3.25. The van der Waals surface area contributed by atoms with Crippen LogP contribution in [0.25, 0.3) is 21.3 Å². The van der Waals surface area contributed by atoms with E-state index in [1.807, 2.05) is 67.7 Å². The van der Waals surface area contributed by atoms with Crippen molar-refractivity contribution in [3.63, 3.8) is 0 Å². The number of fused-ring (bicyclic) bond motifs is 1. The Kier molecular flexibility index (Phi) is 7.44. The third-order valence-corrected chi connectivity index (χ3v) is 6.60. The molecular weight excluding hydrogens is 436 g/mol. The lowest BCUT2D eigenvalue weighted by molar-refractivity contribution is 0.0912. The van der Waals surface area contributed by atoms with Crippen LogP contribution in [0.1, 0.15) is 34.1 Å². The van der Waals surface area contributed by atoms with Crippen LogP contribution in [-0.2, 0) is 13.0 Å². The fourth-order valence-electron chi connectivity index (χ4n) is 3.81. The highest BCUT2D eigenvalue weighted by Gasteiger charge is 2.20. The normalized spacial score (nSPS) is 12.1. The molecule has 0 saturated carbocycles. The van der Waals surface area contributed by atoms with Crippen LogP contribution in [0.5, 0.6) is 5.75 Å². The fourth-order valence-corrected chi connectivity index (χ4v) is 4.67. The molecule has 2 aromatic carbocycles. The lowest BCUT2D eigenvalue weighted by atomic mass is 10.0. The number of aromatic amines is 1. The summed E-state index contributed by atoms with van der Waals surface area (Å²) >= 11 is 1.49. The van der Waals surface area contributed by atoms with E-state index in [9.17, 15) is 15.0 Å². The van der Waals surface area contributed by atoms with Crippen LogP contribution in [0, 0.1) is 0 Å². The van der Waals surface area contributed by atoms with Crippen LogP contribution in [0.2, 0.25) is 0 Å². The first-order valence-electron chi connectivity index (χ1n) is 11.1. The standard InChI is InChI=1S/C26H28N2O4S/c1-2-11-32-24-9-7-17(25-10-8-20(16-30)33-25)13-22(24)26(31)28-19(15-29)12-18-14-27-23-6-4-3-5-21(18)23/h3-10,13-14,19,27,29-30H,2,11-12,15-16H2,1H3,(H,28,31)/t19-/m0/s1. The number of aliphatic hydroxyl groups excluding tert-OH is 2. The first-order valence-corrected chi connectivity index (χ1v) is 11.9. The van der Waals surface area contributed by atoms with Gasteiger partial charge in [0.15, 0.2) is 0 Å². The number of amides is 1. The molecule has 0 spiro atoms. The zero-order chi connectivity index (χ0) is 23.2. The summed E-state index contributed by atoms with van der Waals surface area (Å²) in [4.78, 5) is 18.4. The number of H-pyrrole nitrogens is 1. The molecule has 0 bridgehead atoms. The maximum absolute atomic E-state index is 13.3. The van der Waals surface area contributed by atoms with Crippen LogP contribution >= 0.6 is 11.3 Å². The van der Waals surface area contributed by atoms with Gasteiger partial charge in [0.1, 0.15) is 5.75 Å². The third-order valence-electron chi connectivity index (χ3n) is 5.48. The van der Waals surface area contributed by atoms with Crippen molar-refractivity contribution in [2.24, 2.45) is 0 Å². The predicted octanol–water partition coefficient (Wildman–Crippen LogP) is 4.51. The molecule has 2 heterocycles. The Morgan fingerprint density at radius 1 is 1.15 bits per heavy atom. The molecule has 7 heteroatoms. The molecule has 0 aliphatic heterocycles. The highest BCUT2D eigenvalue weighted by Crippen LogP contribution is 2.32. The second kappa shape index (κ2) is 10.7. The third kappa shape index (κ3) is 5.27. The summed E-state index contributed by atoms with van der Waals surface area (Å²) in [7, 11) is 0. The molecule has 0 aliphatic rings. The molecule has 4 N–H and O–H groups in total. The van der Waals surface area contributed by atoms with Crippen molar-refractivity contribution >= 4 is 28.1 Å². The van der Waals surface area contributed by atoms with E-state index in [-0.39, 0.29) is 19.1 Å². The van der Waals surface area contributed by atoms with Gasteiger partial charge in [0.05, 0.1) is 31.4 Å². The number of carbonyl (C=O) groups is 1. The summed E-state index contributed by atoms with van der Waals surface area (Å²) < 4.78 is 5.84. The number of para-hydroxylation sites is 1. The van der Waals surface area contributed by atoms with Gasteiger partial charge in [-0.3, -0.25) is 4.79 Å². The lowest BCUT2D eigenvalue weighted by Crippen LogP contribution is -2.39. The Balaban J connectivity index is 1.58. The first kappa shape index (κ1) is 23.0. The maximum Gasteiger partial charge on any atom is 0.255 e. The van der Waals surface area contributed by atoms with Gasteiger partial charge in [0, 0.05) is 26.9 Å². The molecule has 1 amide bonds. The van der Waals surface area contributed by atoms with E-state index in [0.29, 0.717) is 24.3 Å². The average molecular weight is 465 g/mol. The zero-order valence-electron chi connectivity index (χ0n) is 18.5. The Hall–Kier alpha value is -3.13. The molecule has 172 valence electrons. The summed E-state index contributed by atoms with van der Waals surface area (Å²) in [6.45, 7) is 2.33. The Morgan fingerprint density at radius 2 is 2.00 bits per heavy atom. The first-order chi connectivity index (χ1) is 16.1. The van der Waals surface area contributed by atoms with E-state index in [0.717, 1.165) is 38.2 Å². The number of aliphatic hydroxyl groups is 2. The second-order valence-electron chi connectivity index (χ2n) is 7.90. The summed E-state index contributed by atoms with van der Waals surface area (Å²) in [5.41, 5.74) is 3.37. The summed E-state index contributed by atoms with van der Waals surface area (Å²) in [5, 5.41) is 23.4. The molecule has 0 fully saturated rings. The smallest absolute Gasteiger partial charge is 0.255 e. The molecule has 2 aromatic heterocycles. The topological polar surface area (TPSA) is 94.6 Å². The van der Waals surface area contributed by atoms with E-state index < -0.39 is 6.04 Å². The van der Waals surface area contributed by atoms with Crippen molar-refractivity contribution in [2.75, 3.05) is 13.2 Å². The van der Waals surface area contributed by atoms with Crippen LogP contribution in [0.3, 0.4) is 0 Å². The highest BCUT2D eigenvalue weighted by atomic mass is 32.1. The van der Waals surface area contributed by atoms with Crippen LogP contribution in [0.4, 0.5) is 0 Å². The number of benzene rings is 2. The van der Waals surface area contributed by atoms with Gasteiger partial charge in [-0.15, -0.1) is 11.3 Å². The lowest BCUT2D eigenvalue weighted by Gasteiger charge is -2.18. The van der Waals surface area contributed by atoms with Crippen LogP contribution < -0.4 is 10.1 Å². The number of carbonyl (C=O) groups excluding carboxylic acids is 1. The molecule has 0 radical (unpaired) electrons. The van der Waals surface area contributed by atoms with Gasteiger partial charge >= 0.3 is 0 Å². The van der Waals surface area contributed by atoms with Crippen LogP contribution in [0.15, 0.2) is 60.8 Å². The number of hydrogen-bond donors (Lipinski definition) is 4. The van der Waals surface area contributed by atoms with E-state index >= 15 is 0 Å². The molecule has 0 unspecified atom stereocenters. The number of ether oxygens (including phenoxy) is 1. The molecule has 1 atom stereocenters. The number of hydrogen-bond acceptors (Lipinski definition) is 5. The largest absolute Gasteiger partial charge is 0.493 e. The van der Waals surface area contributed by atoms with Crippen molar-refractivity contribution in [1.82, 2.24) is 10.3 Å². The monoisotopic (exact) mass is 464 g/mol. The number of nitrogens with one attached hydrogen (secondary N) is 2. The highest BCUT2D eigenvalue weighted by molar-refractivity contribution is 7.15. The Morgan fingerprint density at radius 3 is 2.76 bits per heavy atom. The summed E-state index contributed by atoms with van der Waals surface area (Å²) in [5.74, 6) is 0.224. The van der Waals surface area contributed by atoms with E-state index in [4.69, 9.17) is 4.74 Å². The van der Waals surface area contributed by atoms with Crippen molar-refractivity contribution in [3.05, 3.63) is 76.8 Å². The minimum absolute atomic E-state index is 0.0122. The zero-order valence-corrected chi connectivity index (χ0v) is 19.3. The minimum atomic E-state index is -0.442. The minimum Gasteiger partial charge on any atom is -0.493 e. The Labute approximate surface area is 196 Å². The molecule has 4 rings (SSSR count). The summed E-state index contributed by atoms with van der Waals surface area (Å²) in [6, 6.07) is 16.9. The van der Waals surface area contributed by atoms with Gasteiger partial charge in [-0.25, -0.2) is 0 Å². The molecule has 0 aliphatic carbocycles. The fraction of sp³-hybridized carbons (Fsp3) is 0.269. The number of rotatable bonds is 10. The van der Waals surface area contributed by atoms with E-state index in [1.165, 1.54) is 11.3 Å². The van der Waals surface area contributed by atoms with Gasteiger partial charge in [0.25, 0.3) is 5.91 Å². The molecule has 0 saturated heterocycles. The number of aromatic nitrogens is 1. The SMILES string of the molecule is CCCOc1ccc(-c2ccc(CO)s2)cc1C(=O)N[C@H](CO)Cc1c[nH]c2ccccc12.